The zero-order valence-corrected chi connectivity index (χ0v) is 19.0. The number of hydrogen-bond acceptors (Lipinski definition) is 3. The second-order valence-electron chi connectivity index (χ2n) is 7.87. The first-order valence-corrected chi connectivity index (χ1v) is 11.1. The van der Waals surface area contributed by atoms with Crippen LogP contribution in [0.25, 0.3) is 16.7 Å². The molecular weight excluding hydrogens is 406 g/mol. The summed E-state index contributed by atoms with van der Waals surface area (Å²) in [5.41, 5.74) is 6.74. The van der Waals surface area contributed by atoms with Crippen molar-refractivity contribution < 1.29 is 4.74 Å². The summed E-state index contributed by atoms with van der Waals surface area (Å²) in [5, 5.41) is 4.25. The van der Waals surface area contributed by atoms with Gasteiger partial charge in [0.2, 0.25) is 5.95 Å². The number of hydrogen-bond donors (Lipinski definition) is 1. The van der Waals surface area contributed by atoms with Crippen molar-refractivity contribution in [2.45, 2.75) is 40.2 Å². The number of imidazole rings is 1. The fourth-order valence-corrected chi connectivity index (χ4v) is 3.65. The zero-order valence-electron chi connectivity index (χ0n) is 18.3. The normalized spacial score (nSPS) is 11.1. The predicted molar refractivity (Wildman–Crippen MR) is 130 cm³/mol. The van der Waals surface area contributed by atoms with E-state index in [9.17, 15) is 0 Å². The Morgan fingerprint density at radius 1 is 0.968 bits per heavy atom. The molecule has 3 aromatic carbocycles. The molecule has 4 aromatic rings. The van der Waals surface area contributed by atoms with E-state index >= 15 is 0 Å². The molecule has 0 atom stereocenters. The maximum Gasteiger partial charge on any atom is 0.208 e. The topological polar surface area (TPSA) is 39.1 Å². The van der Waals surface area contributed by atoms with E-state index in [1.54, 1.807) is 0 Å². The Kier molecular flexibility index (Phi) is 6.47. The Labute approximate surface area is 188 Å². The number of fused-ring (bicyclic) bond motifs is 1. The molecule has 0 spiro atoms. The van der Waals surface area contributed by atoms with Gasteiger partial charge < -0.3 is 10.1 Å². The minimum atomic E-state index is 0.663. The lowest BCUT2D eigenvalue weighted by Gasteiger charge is -2.13. The molecule has 1 N–H and O–H groups in total. The summed E-state index contributed by atoms with van der Waals surface area (Å²) in [6.45, 7) is 7.83. The van der Waals surface area contributed by atoms with Crippen LogP contribution < -0.4 is 10.1 Å². The van der Waals surface area contributed by atoms with Gasteiger partial charge in [0.1, 0.15) is 5.75 Å². The highest BCUT2D eigenvalue weighted by molar-refractivity contribution is 6.30. The molecule has 0 fully saturated rings. The maximum atomic E-state index is 6.02. The first-order valence-electron chi connectivity index (χ1n) is 10.8. The number of rotatable bonds is 8. The first kappa shape index (κ1) is 21.3. The molecule has 0 saturated carbocycles. The molecule has 0 bridgehead atoms. The van der Waals surface area contributed by atoms with E-state index in [2.05, 4.69) is 54.9 Å². The first-order chi connectivity index (χ1) is 15.0. The largest absolute Gasteiger partial charge is 0.494 e. The number of benzene rings is 3. The van der Waals surface area contributed by atoms with Crippen LogP contribution in [0.5, 0.6) is 5.75 Å². The third-order valence-corrected chi connectivity index (χ3v) is 5.75. The van der Waals surface area contributed by atoms with Gasteiger partial charge in [0.15, 0.2) is 0 Å². The van der Waals surface area contributed by atoms with Crippen LogP contribution in [-0.4, -0.2) is 16.2 Å². The average Bonchev–Trinajstić information content (AvgIpc) is 3.11. The van der Waals surface area contributed by atoms with Crippen LogP contribution in [0.3, 0.4) is 0 Å². The third kappa shape index (κ3) is 4.86. The molecule has 160 valence electrons. The van der Waals surface area contributed by atoms with Gasteiger partial charge in [-0.05, 0) is 85.5 Å². The number of nitrogens with zero attached hydrogens (tertiary/aromatic N) is 2. The van der Waals surface area contributed by atoms with Crippen molar-refractivity contribution in [3.05, 3.63) is 82.4 Å². The fourth-order valence-electron chi connectivity index (χ4n) is 3.52. The fraction of sp³-hybridized carbons (Fsp3) is 0.269. The Morgan fingerprint density at radius 2 is 1.68 bits per heavy atom. The van der Waals surface area contributed by atoms with Crippen LogP contribution in [-0.2, 0) is 6.54 Å². The smallest absolute Gasteiger partial charge is 0.208 e. The third-order valence-electron chi connectivity index (χ3n) is 5.50. The van der Waals surface area contributed by atoms with Gasteiger partial charge in [-0.3, -0.25) is 4.57 Å². The van der Waals surface area contributed by atoms with Crippen molar-refractivity contribution >= 4 is 28.6 Å². The van der Waals surface area contributed by atoms with Gasteiger partial charge in [0.25, 0.3) is 0 Å². The Balaban J connectivity index is 1.68. The Morgan fingerprint density at radius 3 is 2.39 bits per heavy atom. The molecule has 0 amide bonds. The zero-order chi connectivity index (χ0) is 21.8. The number of unbranched alkanes of at least 4 members (excludes halogenated alkanes) is 1. The highest BCUT2D eigenvalue weighted by Crippen LogP contribution is 2.28. The maximum absolute atomic E-state index is 6.02. The van der Waals surface area contributed by atoms with Crippen LogP contribution in [0.15, 0.2) is 60.7 Å². The molecule has 4 rings (SSSR count). The quantitative estimate of drug-likeness (QED) is 0.301. The highest BCUT2D eigenvalue weighted by atomic mass is 35.5. The molecule has 5 heteroatoms. The van der Waals surface area contributed by atoms with Gasteiger partial charge in [-0.2, -0.15) is 0 Å². The number of aromatic nitrogens is 2. The minimum absolute atomic E-state index is 0.663. The Hall–Kier alpha value is -2.98. The van der Waals surface area contributed by atoms with Crippen molar-refractivity contribution in [3.8, 4) is 11.4 Å². The van der Waals surface area contributed by atoms with E-state index in [4.69, 9.17) is 21.3 Å². The molecule has 0 aliphatic carbocycles. The van der Waals surface area contributed by atoms with E-state index in [0.29, 0.717) is 6.54 Å². The number of ether oxygens (including phenoxy) is 1. The molecule has 0 unspecified atom stereocenters. The lowest BCUT2D eigenvalue weighted by atomic mass is 10.1. The highest BCUT2D eigenvalue weighted by Gasteiger charge is 2.14. The van der Waals surface area contributed by atoms with Gasteiger partial charge in [-0.1, -0.05) is 37.1 Å². The summed E-state index contributed by atoms with van der Waals surface area (Å²) in [4.78, 5) is 4.90. The van der Waals surface area contributed by atoms with Crippen molar-refractivity contribution in [2.24, 2.45) is 0 Å². The number of nitrogens with one attached hydrogen (secondary N) is 1. The summed E-state index contributed by atoms with van der Waals surface area (Å²) in [6, 6.07) is 20.5. The van der Waals surface area contributed by atoms with Gasteiger partial charge in [0.05, 0.1) is 17.6 Å². The van der Waals surface area contributed by atoms with Gasteiger partial charge >= 0.3 is 0 Å². The monoisotopic (exact) mass is 433 g/mol. The molecule has 1 aromatic heterocycles. The van der Waals surface area contributed by atoms with Gasteiger partial charge in [-0.25, -0.2) is 4.98 Å². The summed E-state index contributed by atoms with van der Waals surface area (Å²) >= 11 is 6.02. The molecule has 0 saturated heterocycles. The van der Waals surface area contributed by atoms with Crippen molar-refractivity contribution in [1.29, 1.82) is 0 Å². The lowest BCUT2D eigenvalue weighted by Crippen LogP contribution is -2.06. The van der Waals surface area contributed by atoms with Crippen LogP contribution in [0.1, 0.15) is 36.5 Å². The van der Waals surface area contributed by atoms with E-state index in [-0.39, 0.29) is 0 Å². The molecule has 0 radical (unpaired) electrons. The lowest BCUT2D eigenvalue weighted by molar-refractivity contribution is 0.309. The molecule has 4 nitrogen and oxygen atoms in total. The summed E-state index contributed by atoms with van der Waals surface area (Å²) in [6.07, 6.45) is 2.19. The summed E-state index contributed by atoms with van der Waals surface area (Å²) in [7, 11) is 0. The number of anilines is 1. The second-order valence-corrected chi connectivity index (χ2v) is 8.31. The van der Waals surface area contributed by atoms with Gasteiger partial charge in [-0.15, -0.1) is 0 Å². The predicted octanol–water partition coefficient (Wildman–Crippen LogP) is 7.09. The van der Waals surface area contributed by atoms with E-state index in [1.807, 2.05) is 36.4 Å². The molecule has 31 heavy (non-hydrogen) atoms. The molecule has 1 heterocycles. The number of aryl methyl sites for hydroxylation is 2. The van der Waals surface area contributed by atoms with Crippen LogP contribution in [0, 0.1) is 13.8 Å². The van der Waals surface area contributed by atoms with Crippen molar-refractivity contribution in [3.63, 3.8) is 0 Å². The van der Waals surface area contributed by atoms with Crippen LogP contribution in [0.2, 0.25) is 5.02 Å². The van der Waals surface area contributed by atoms with Crippen LogP contribution >= 0.6 is 11.6 Å². The van der Waals surface area contributed by atoms with Crippen molar-refractivity contribution in [1.82, 2.24) is 9.55 Å². The SMILES string of the molecule is CCCCOc1ccc(-n2c(NCc3ccc(Cl)cc3)nc3cc(C)c(C)cc32)cc1. The second kappa shape index (κ2) is 9.44. The van der Waals surface area contributed by atoms with E-state index < -0.39 is 0 Å². The average molecular weight is 434 g/mol. The standard InChI is InChI=1S/C26H28ClN3O/c1-4-5-14-31-23-12-10-22(11-13-23)30-25-16-19(3)18(2)15-24(25)29-26(30)28-17-20-6-8-21(27)9-7-20/h6-13,15-16H,4-5,14,17H2,1-3H3,(H,28,29). The van der Waals surface area contributed by atoms with E-state index in [0.717, 1.165) is 58.5 Å². The minimum Gasteiger partial charge on any atom is -0.494 e. The molecule has 0 aliphatic heterocycles. The molecular formula is C26H28ClN3O. The van der Waals surface area contributed by atoms with Crippen molar-refractivity contribution in [2.75, 3.05) is 11.9 Å². The van der Waals surface area contributed by atoms with Gasteiger partial charge in [0, 0.05) is 17.3 Å². The molecule has 0 aliphatic rings. The Bertz CT molecular complexity index is 1160. The summed E-state index contributed by atoms with van der Waals surface area (Å²) in [5.74, 6) is 1.71. The van der Waals surface area contributed by atoms with E-state index in [1.165, 1.54) is 11.1 Å². The summed E-state index contributed by atoms with van der Waals surface area (Å²) < 4.78 is 8.01. The van der Waals surface area contributed by atoms with Crippen LogP contribution in [0.4, 0.5) is 5.95 Å². The number of halogens is 1.